The van der Waals surface area contributed by atoms with Crippen molar-refractivity contribution in [3.05, 3.63) is 58.6 Å². The molecule has 0 saturated carbocycles. The summed E-state index contributed by atoms with van der Waals surface area (Å²) < 4.78 is 15.4. The molecule has 0 radical (unpaired) electrons. The average molecular weight is 392 g/mol. The molecule has 6 nitrogen and oxygen atoms in total. The zero-order valence-corrected chi connectivity index (χ0v) is 16.3. The van der Waals surface area contributed by atoms with Gasteiger partial charge in [-0.1, -0.05) is 41.9 Å². The van der Waals surface area contributed by atoms with E-state index in [-0.39, 0.29) is 23.1 Å². The molecule has 7 heteroatoms. The third-order valence-electron chi connectivity index (χ3n) is 3.95. The van der Waals surface area contributed by atoms with Crippen LogP contribution in [-0.2, 0) is 16.1 Å². The van der Waals surface area contributed by atoms with Gasteiger partial charge < -0.3 is 19.1 Å². The van der Waals surface area contributed by atoms with Gasteiger partial charge in [-0.25, -0.2) is 4.79 Å². The second kappa shape index (κ2) is 9.83. The fraction of sp³-hybridized carbons (Fsp3) is 0.300. The van der Waals surface area contributed by atoms with Gasteiger partial charge in [0.2, 0.25) is 0 Å². The molecule has 144 valence electrons. The number of hydrogen-bond acceptors (Lipinski definition) is 5. The van der Waals surface area contributed by atoms with Crippen molar-refractivity contribution in [3.8, 4) is 11.5 Å². The minimum Gasteiger partial charge on any atom is -0.493 e. The van der Waals surface area contributed by atoms with Crippen molar-refractivity contribution in [1.29, 1.82) is 0 Å². The predicted octanol–water partition coefficient (Wildman–Crippen LogP) is 3.56. The Bertz CT molecular complexity index is 794. The van der Waals surface area contributed by atoms with Gasteiger partial charge >= 0.3 is 5.97 Å². The van der Waals surface area contributed by atoms with E-state index in [9.17, 15) is 9.59 Å². The Hall–Kier alpha value is -2.73. The first kappa shape index (κ1) is 20.6. The van der Waals surface area contributed by atoms with Crippen molar-refractivity contribution >= 4 is 23.5 Å². The summed E-state index contributed by atoms with van der Waals surface area (Å²) in [6.45, 7) is 2.48. The summed E-state index contributed by atoms with van der Waals surface area (Å²) in [4.78, 5) is 26.3. The van der Waals surface area contributed by atoms with E-state index in [1.54, 1.807) is 4.90 Å². The lowest BCUT2D eigenvalue weighted by Crippen LogP contribution is -2.34. The van der Waals surface area contributed by atoms with Crippen LogP contribution in [0.1, 0.15) is 22.8 Å². The van der Waals surface area contributed by atoms with Crippen molar-refractivity contribution in [2.24, 2.45) is 0 Å². The molecule has 2 aromatic rings. The lowest BCUT2D eigenvalue weighted by molar-refractivity contribution is -0.134. The molecule has 0 N–H and O–H groups in total. The summed E-state index contributed by atoms with van der Waals surface area (Å²) in [5.41, 5.74) is 1.18. The van der Waals surface area contributed by atoms with Gasteiger partial charge in [-0.2, -0.15) is 0 Å². The monoisotopic (exact) mass is 391 g/mol. The van der Waals surface area contributed by atoms with Crippen molar-refractivity contribution < 1.29 is 23.8 Å². The maximum absolute atomic E-state index is 12.4. The number of amides is 1. The van der Waals surface area contributed by atoms with Gasteiger partial charge in [0.05, 0.1) is 24.8 Å². The molecule has 2 aromatic carbocycles. The molecule has 0 aliphatic carbocycles. The zero-order valence-electron chi connectivity index (χ0n) is 15.5. The second-order valence-corrected chi connectivity index (χ2v) is 6.07. The topological polar surface area (TPSA) is 65.1 Å². The molecule has 0 atom stereocenters. The largest absolute Gasteiger partial charge is 0.493 e. The van der Waals surface area contributed by atoms with Crippen LogP contribution < -0.4 is 9.47 Å². The van der Waals surface area contributed by atoms with Crippen molar-refractivity contribution in [1.82, 2.24) is 4.90 Å². The number of carbonyl (C=O) groups is 2. The highest BCUT2D eigenvalue weighted by atomic mass is 35.5. The van der Waals surface area contributed by atoms with Crippen LogP contribution in [-0.4, -0.2) is 44.1 Å². The highest BCUT2D eigenvalue weighted by Gasteiger charge is 2.19. The van der Waals surface area contributed by atoms with Crippen molar-refractivity contribution in [3.63, 3.8) is 0 Å². The molecule has 0 bridgehead atoms. The number of methoxy groups -OCH3 is 2. The average Bonchev–Trinajstić information content (AvgIpc) is 2.69. The predicted molar refractivity (Wildman–Crippen MR) is 102 cm³/mol. The van der Waals surface area contributed by atoms with Crippen molar-refractivity contribution in [2.45, 2.75) is 13.5 Å². The van der Waals surface area contributed by atoms with Gasteiger partial charge in [0, 0.05) is 13.1 Å². The van der Waals surface area contributed by atoms with E-state index in [4.69, 9.17) is 25.8 Å². The fourth-order valence-corrected chi connectivity index (χ4v) is 2.81. The van der Waals surface area contributed by atoms with E-state index in [0.29, 0.717) is 24.6 Å². The minimum atomic E-state index is -0.665. The van der Waals surface area contributed by atoms with Gasteiger partial charge in [-0.3, -0.25) is 4.79 Å². The second-order valence-electron chi connectivity index (χ2n) is 5.66. The first-order chi connectivity index (χ1) is 13.0. The molecule has 27 heavy (non-hydrogen) atoms. The third kappa shape index (κ3) is 5.37. The van der Waals surface area contributed by atoms with E-state index < -0.39 is 5.97 Å². The Morgan fingerprint density at radius 3 is 2.37 bits per heavy atom. The first-order valence-electron chi connectivity index (χ1n) is 8.40. The van der Waals surface area contributed by atoms with Gasteiger partial charge in [0.1, 0.15) is 0 Å². The van der Waals surface area contributed by atoms with E-state index in [0.717, 1.165) is 5.56 Å². The van der Waals surface area contributed by atoms with Crippen LogP contribution in [0.2, 0.25) is 5.02 Å². The molecule has 0 unspecified atom stereocenters. The molecule has 0 aliphatic heterocycles. The minimum absolute atomic E-state index is 0.177. The Balaban J connectivity index is 2.01. The number of hydrogen-bond donors (Lipinski definition) is 0. The van der Waals surface area contributed by atoms with E-state index in [2.05, 4.69) is 0 Å². The maximum atomic E-state index is 12.4. The number of halogens is 1. The highest BCUT2D eigenvalue weighted by molar-refractivity contribution is 6.32. The summed E-state index contributed by atoms with van der Waals surface area (Å²) in [5.74, 6) is -0.308. The van der Waals surface area contributed by atoms with Gasteiger partial charge in [0.25, 0.3) is 5.91 Å². The standard InChI is InChI=1S/C20H22ClNO5/c1-4-22(12-14-8-6-5-7-9-14)18(23)13-27-20(24)15-10-16(21)19(26-3)17(11-15)25-2/h5-11H,4,12-13H2,1-3H3. The Kier molecular flexibility index (Phi) is 7.49. The van der Waals surface area contributed by atoms with Gasteiger partial charge in [0.15, 0.2) is 18.1 Å². The molecule has 2 rings (SSSR count). The normalized spacial score (nSPS) is 10.2. The summed E-state index contributed by atoms with van der Waals surface area (Å²) in [6.07, 6.45) is 0. The number of rotatable bonds is 8. The van der Waals surface area contributed by atoms with Crippen LogP contribution in [0, 0.1) is 0 Å². The van der Waals surface area contributed by atoms with Crippen LogP contribution in [0.4, 0.5) is 0 Å². The van der Waals surface area contributed by atoms with Gasteiger partial charge in [-0.05, 0) is 24.6 Å². The molecular formula is C20H22ClNO5. The lowest BCUT2D eigenvalue weighted by atomic mass is 10.2. The van der Waals surface area contributed by atoms with Crippen LogP contribution in [0.5, 0.6) is 11.5 Å². The van der Waals surface area contributed by atoms with E-state index in [1.807, 2.05) is 37.3 Å². The lowest BCUT2D eigenvalue weighted by Gasteiger charge is -2.21. The smallest absolute Gasteiger partial charge is 0.338 e. The van der Waals surface area contributed by atoms with Gasteiger partial charge in [-0.15, -0.1) is 0 Å². The van der Waals surface area contributed by atoms with E-state index in [1.165, 1.54) is 26.4 Å². The zero-order chi connectivity index (χ0) is 19.8. The number of nitrogens with zero attached hydrogens (tertiary/aromatic N) is 1. The number of ether oxygens (including phenoxy) is 3. The van der Waals surface area contributed by atoms with Crippen LogP contribution >= 0.6 is 11.6 Å². The number of carbonyl (C=O) groups excluding carboxylic acids is 2. The highest BCUT2D eigenvalue weighted by Crippen LogP contribution is 2.36. The number of esters is 1. The summed E-state index contributed by atoms with van der Waals surface area (Å²) >= 11 is 6.10. The SMILES string of the molecule is CCN(Cc1ccccc1)C(=O)COC(=O)c1cc(Cl)c(OC)c(OC)c1. The molecule has 0 spiro atoms. The molecule has 0 saturated heterocycles. The molecule has 0 aromatic heterocycles. The van der Waals surface area contributed by atoms with Crippen LogP contribution in [0.25, 0.3) is 0 Å². The molecule has 0 aliphatic rings. The number of benzene rings is 2. The van der Waals surface area contributed by atoms with E-state index >= 15 is 0 Å². The molecule has 0 heterocycles. The Morgan fingerprint density at radius 1 is 1.07 bits per heavy atom. The van der Waals surface area contributed by atoms with Crippen molar-refractivity contribution in [2.75, 3.05) is 27.4 Å². The quantitative estimate of drug-likeness (QED) is 0.644. The maximum Gasteiger partial charge on any atom is 0.338 e. The summed E-state index contributed by atoms with van der Waals surface area (Å²) in [5, 5.41) is 0.217. The molecule has 0 fully saturated rings. The van der Waals surface area contributed by atoms with Crippen LogP contribution in [0.15, 0.2) is 42.5 Å². The third-order valence-corrected chi connectivity index (χ3v) is 4.23. The fourth-order valence-electron chi connectivity index (χ4n) is 2.52. The number of likely N-dealkylation sites (N-methyl/N-ethyl adjacent to an activating group) is 1. The summed E-state index contributed by atoms with van der Waals surface area (Å²) in [7, 11) is 2.89. The molecular weight excluding hydrogens is 370 g/mol. The summed E-state index contributed by atoms with van der Waals surface area (Å²) in [6, 6.07) is 12.5. The first-order valence-corrected chi connectivity index (χ1v) is 8.78. The Labute approximate surface area is 163 Å². The molecule has 1 amide bonds. The van der Waals surface area contributed by atoms with Crippen LogP contribution in [0.3, 0.4) is 0 Å². The Morgan fingerprint density at radius 2 is 1.78 bits per heavy atom.